The van der Waals surface area contributed by atoms with Gasteiger partial charge in [-0.05, 0) is 40.4 Å². The maximum Gasteiger partial charge on any atom is 0.0585 e. The summed E-state index contributed by atoms with van der Waals surface area (Å²) in [6.07, 6.45) is 1.01. The zero-order chi connectivity index (χ0) is 10.3. The van der Waals surface area contributed by atoms with Crippen molar-refractivity contribution in [3.8, 4) is 0 Å². The second-order valence-electron chi connectivity index (χ2n) is 3.68. The van der Waals surface area contributed by atoms with Crippen LogP contribution in [0.2, 0.25) is 0 Å². The minimum absolute atomic E-state index is 0.228. The van der Waals surface area contributed by atoms with Gasteiger partial charge in [0.1, 0.15) is 0 Å². The van der Waals surface area contributed by atoms with Crippen molar-refractivity contribution in [1.29, 1.82) is 0 Å². The molecule has 2 N–H and O–H groups in total. The van der Waals surface area contributed by atoms with Crippen molar-refractivity contribution < 1.29 is 5.11 Å². The molecule has 0 spiro atoms. The highest BCUT2D eigenvalue weighted by atomic mass is 16.3. The molecular weight excluding hydrogens is 164 g/mol. The van der Waals surface area contributed by atoms with Crippen LogP contribution in [0.4, 0.5) is 0 Å². The van der Waals surface area contributed by atoms with Gasteiger partial charge in [0.05, 0.1) is 6.61 Å². The predicted octanol–water partition coefficient (Wildman–Crippen LogP) is 0.687. The average molecular weight is 188 g/mol. The number of aliphatic hydroxyl groups is 1. The van der Waals surface area contributed by atoms with E-state index in [0.717, 1.165) is 19.5 Å². The van der Waals surface area contributed by atoms with Crippen LogP contribution in [0.25, 0.3) is 0 Å². The molecule has 3 nitrogen and oxygen atoms in total. The summed E-state index contributed by atoms with van der Waals surface area (Å²) < 4.78 is 0. The average Bonchev–Trinajstić information content (AvgIpc) is 2.12. The lowest BCUT2D eigenvalue weighted by molar-refractivity contribution is 0.192. The fraction of sp³-hybridized carbons (Fsp3) is 1.00. The summed E-state index contributed by atoms with van der Waals surface area (Å²) in [5, 5.41) is 12.1. The fourth-order valence-electron chi connectivity index (χ4n) is 1.43. The highest BCUT2D eigenvalue weighted by Gasteiger charge is 2.09. The second kappa shape index (κ2) is 7.30. The van der Waals surface area contributed by atoms with E-state index in [9.17, 15) is 0 Å². The van der Waals surface area contributed by atoms with Gasteiger partial charge in [0.2, 0.25) is 0 Å². The van der Waals surface area contributed by atoms with E-state index in [1.54, 1.807) is 0 Å². The van der Waals surface area contributed by atoms with Gasteiger partial charge in [-0.1, -0.05) is 6.92 Å². The second-order valence-corrected chi connectivity index (χ2v) is 3.68. The molecule has 0 aromatic carbocycles. The van der Waals surface area contributed by atoms with E-state index in [1.165, 1.54) is 0 Å². The molecule has 3 heteroatoms. The van der Waals surface area contributed by atoms with Crippen LogP contribution in [0.3, 0.4) is 0 Å². The molecule has 1 unspecified atom stereocenters. The van der Waals surface area contributed by atoms with E-state index in [0.29, 0.717) is 6.04 Å². The van der Waals surface area contributed by atoms with E-state index in [4.69, 9.17) is 5.11 Å². The Morgan fingerprint density at radius 2 is 2.00 bits per heavy atom. The Balaban J connectivity index is 3.69. The van der Waals surface area contributed by atoms with Crippen molar-refractivity contribution >= 4 is 0 Å². The van der Waals surface area contributed by atoms with E-state index in [1.807, 2.05) is 7.05 Å². The molecule has 1 atom stereocenters. The Morgan fingerprint density at radius 3 is 2.31 bits per heavy atom. The Bertz CT molecular complexity index is 113. The molecule has 80 valence electrons. The van der Waals surface area contributed by atoms with Gasteiger partial charge in [-0.3, -0.25) is 0 Å². The normalized spacial score (nSPS) is 14.1. The number of hydrogen-bond acceptors (Lipinski definition) is 3. The van der Waals surface area contributed by atoms with Gasteiger partial charge in [-0.25, -0.2) is 0 Å². The first-order valence-corrected chi connectivity index (χ1v) is 5.17. The zero-order valence-electron chi connectivity index (χ0n) is 9.38. The van der Waals surface area contributed by atoms with E-state index in [-0.39, 0.29) is 12.6 Å². The third kappa shape index (κ3) is 5.24. The van der Waals surface area contributed by atoms with Crippen LogP contribution >= 0.6 is 0 Å². The zero-order valence-corrected chi connectivity index (χ0v) is 9.38. The molecule has 0 fully saturated rings. The van der Waals surface area contributed by atoms with Crippen LogP contribution < -0.4 is 5.32 Å². The first kappa shape index (κ1) is 12.9. The molecule has 0 aliphatic carbocycles. The van der Waals surface area contributed by atoms with Gasteiger partial charge in [-0.2, -0.15) is 0 Å². The van der Waals surface area contributed by atoms with Crippen LogP contribution in [0, 0.1) is 0 Å². The molecule has 0 aromatic heterocycles. The number of rotatable bonds is 7. The van der Waals surface area contributed by atoms with Gasteiger partial charge in [0.25, 0.3) is 0 Å². The number of aliphatic hydroxyl groups excluding tert-OH is 1. The first-order chi connectivity index (χ1) is 6.15. The summed E-state index contributed by atoms with van der Waals surface area (Å²) in [5.41, 5.74) is 0. The molecule has 0 aromatic rings. The Hall–Kier alpha value is -0.120. The lowest BCUT2D eigenvalue weighted by atomic mass is 10.2. The van der Waals surface area contributed by atoms with Gasteiger partial charge in [0, 0.05) is 12.1 Å². The van der Waals surface area contributed by atoms with Crippen molar-refractivity contribution in [3.05, 3.63) is 0 Å². The van der Waals surface area contributed by atoms with Crippen LogP contribution in [-0.4, -0.2) is 48.8 Å². The lowest BCUT2D eigenvalue weighted by Gasteiger charge is -2.26. The SMILES string of the molecule is CCN(CCC(CO)NC)C(C)C. The van der Waals surface area contributed by atoms with Gasteiger partial charge in [-0.15, -0.1) is 0 Å². The largest absolute Gasteiger partial charge is 0.395 e. The summed E-state index contributed by atoms with van der Waals surface area (Å²) in [6, 6.07) is 0.842. The number of nitrogens with one attached hydrogen (secondary N) is 1. The van der Waals surface area contributed by atoms with Crippen molar-refractivity contribution in [2.75, 3.05) is 26.7 Å². The number of hydrogen-bond donors (Lipinski definition) is 2. The molecule has 0 heterocycles. The minimum atomic E-state index is 0.228. The highest BCUT2D eigenvalue weighted by Crippen LogP contribution is 2.00. The van der Waals surface area contributed by atoms with Crippen LogP contribution in [0.5, 0.6) is 0 Å². The van der Waals surface area contributed by atoms with E-state index < -0.39 is 0 Å². The standard InChI is InChI=1S/C10H24N2O/c1-5-12(9(2)3)7-6-10(8-13)11-4/h9-11,13H,5-8H2,1-4H3. The third-order valence-electron chi connectivity index (χ3n) is 2.53. The molecule has 0 aliphatic heterocycles. The van der Waals surface area contributed by atoms with Crippen molar-refractivity contribution in [2.45, 2.75) is 39.3 Å². The summed E-state index contributed by atoms with van der Waals surface area (Å²) in [6.45, 7) is 8.95. The van der Waals surface area contributed by atoms with Crippen LogP contribution in [-0.2, 0) is 0 Å². The lowest BCUT2D eigenvalue weighted by Crippen LogP contribution is -2.37. The Labute approximate surface area is 82.1 Å². The van der Waals surface area contributed by atoms with Crippen molar-refractivity contribution in [1.82, 2.24) is 10.2 Å². The summed E-state index contributed by atoms with van der Waals surface area (Å²) in [5.74, 6) is 0. The molecule has 0 radical (unpaired) electrons. The summed E-state index contributed by atoms with van der Waals surface area (Å²) in [4.78, 5) is 2.40. The minimum Gasteiger partial charge on any atom is -0.395 e. The molecule has 0 saturated carbocycles. The van der Waals surface area contributed by atoms with Gasteiger partial charge in [0.15, 0.2) is 0 Å². The highest BCUT2D eigenvalue weighted by molar-refractivity contribution is 4.68. The third-order valence-corrected chi connectivity index (χ3v) is 2.53. The van der Waals surface area contributed by atoms with Crippen molar-refractivity contribution in [2.24, 2.45) is 0 Å². The molecule has 0 aliphatic rings. The molecule has 0 saturated heterocycles. The topological polar surface area (TPSA) is 35.5 Å². The summed E-state index contributed by atoms with van der Waals surface area (Å²) in [7, 11) is 1.90. The quantitative estimate of drug-likeness (QED) is 0.617. The maximum absolute atomic E-state index is 8.97. The van der Waals surface area contributed by atoms with Gasteiger partial charge >= 0.3 is 0 Å². The van der Waals surface area contributed by atoms with Crippen molar-refractivity contribution in [3.63, 3.8) is 0 Å². The molecule has 13 heavy (non-hydrogen) atoms. The maximum atomic E-state index is 8.97. The fourth-order valence-corrected chi connectivity index (χ4v) is 1.43. The molecule has 0 rings (SSSR count). The molecular formula is C10H24N2O. The van der Waals surface area contributed by atoms with E-state index >= 15 is 0 Å². The smallest absolute Gasteiger partial charge is 0.0585 e. The monoisotopic (exact) mass is 188 g/mol. The number of likely N-dealkylation sites (N-methyl/N-ethyl adjacent to an activating group) is 1. The number of nitrogens with zero attached hydrogens (tertiary/aromatic N) is 1. The Kier molecular flexibility index (Phi) is 7.23. The molecule has 0 amide bonds. The van der Waals surface area contributed by atoms with Crippen LogP contribution in [0.1, 0.15) is 27.2 Å². The predicted molar refractivity (Wildman–Crippen MR) is 56.9 cm³/mol. The van der Waals surface area contributed by atoms with E-state index in [2.05, 4.69) is 31.0 Å². The Morgan fingerprint density at radius 1 is 1.38 bits per heavy atom. The molecule has 0 bridgehead atoms. The van der Waals surface area contributed by atoms with Gasteiger partial charge < -0.3 is 15.3 Å². The summed E-state index contributed by atoms with van der Waals surface area (Å²) >= 11 is 0. The first-order valence-electron chi connectivity index (χ1n) is 5.17. The van der Waals surface area contributed by atoms with Crippen LogP contribution in [0.15, 0.2) is 0 Å².